The van der Waals surface area contributed by atoms with Crippen molar-refractivity contribution in [2.24, 2.45) is 17.4 Å². The molecule has 0 aromatic carbocycles. The van der Waals surface area contributed by atoms with E-state index in [-0.39, 0.29) is 12.5 Å². The van der Waals surface area contributed by atoms with E-state index in [2.05, 4.69) is 4.74 Å². The quantitative estimate of drug-likeness (QED) is 0.508. The largest absolute Gasteiger partial charge is 0.480 e. The number of carbonyl (C=O) groups is 2. The van der Waals surface area contributed by atoms with Crippen LogP contribution < -0.4 is 11.5 Å². The van der Waals surface area contributed by atoms with Gasteiger partial charge in [0, 0.05) is 0 Å². The van der Waals surface area contributed by atoms with Crippen molar-refractivity contribution in [2.75, 3.05) is 6.61 Å². The summed E-state index contributed by atoms with van der Waals surface area (Å²) in [6.07, 6.45) is 0.501. The van der Waals surface area contributed by atoms with Crippen molar-refractivity contribution < 1.29 is 19.4 Å². The Hall–Kier alpha value is -1.14. The molecule has 0 saturated heterocycles. The van der Waals surface area contributed by atoms with Gasteiger partial charge in [-0.05, 0) is 12.3 Å². The lowest BCUT2D eigenvalue weighted by Crippen LogP contribution is -2.40. The van der Waals surface area contributed by atoms with E-state index < -0.39 is 24.0 Å². The smallest absolute Gasteiger partial charge is 0.324 e. The van der Waals surface area contributed by atoms with Crippen LogP contribution in [0.25, 0.3) is 0 Å². The fraction of sp³-hybridized carbons (Fsp3) is 0.778. The number of carboxylic acid groups (broad SMARTS) is 1. The number of carbonyl (C=O) groups excluding carboxylic acids is 1. The predicted octanol–water partition coefficient (Wildman–Crippen LogP) is -0.685. The Morgan fingerprint density at radius 1 is 1.27 bits per heavy atom. The van der Waals surface area contributed by atoms with E-state index in [1.807, 2.05) is 13.8 Å². The zero-order chi connectivity index (χ0) is 12.0. The van der Waals surface area contributed by atoms with Crippen LogP contribution in [0.15, 0.2) is 0 Å². The predicted molar refractivity (Wildman–Crippen MR) is 54.0 cm³/mol. The first-order valence-electron chi connectivity index (χ1n) is 4.75. The molecule has 0 aliphatic carbocycles. The van der Waals surface area contributed by atoms with Gasteiger partial charge in [0.15, 0.2) is 0 Å². The molecule has 0 saturated carbocycles. The first-order valence-corrected chi connectivity index (χ1v) is 4.75. The van der Waals surface area contributed by atoms with Crippen LogP contribution in [-0.4, -0.2) is 35.7 Å². The molecule has 0 bridgehead atoms. The number of esters is 1. The van der Waals surface area contributed by atoms with Gasteiger partial charge in [0.2, 0.25) is 0 Å². The minimum absolute atomic E-state index is 0.278. The molecule has 2 atom stereocenters. The zero-order valence-electron chi connectivity index (χ0n) is 8.97. The summed E-state index contributed by atoms with van der Waals surface area (Å²) in [6.45, 7) is 3.51. The van der Waals surface area contributed by atoms with Gasteiger partial charge in [-0.2, -0.15) is 0 Å². The topological polar surface area (TPSA) is 116 Å². The summed E-state index contributed by atoms with van der Waals surface area (Å²) in [6, 6.07) is -1.91. The van der Waals surface area contributed by atoms with E-state index in [4.69, 9.17) is 16.6 Å². The third kappa shape index (κ3) is 6.03. The minimum Gasteiger partial charge on any atom is -0.480 e. The van der Waals surface area contributed by atoms with Gasteiger partial charge in [0.1, 0.15) is 18.7 Å². The standard InChI is InChI=1S/C9H18N2O4/c1-5(2)3-6(10)9(14)15-4-7(11)8(12)13/h5-7H,3-4,10-11H2,1-2H3,(H,12,13)/t6-,7-/m0/s1. The Morgan fingerprint density at radius 2 is 1.80 bits per heavy atom. The second kappa shape index (κ2) is 6.36. The maximum absolute atomic E-state index is 11.2. The highest BCUT2D eigenvalue weighted by Crippen LogP contribution is 2.04. The van der Waals surface area contributed by atoms with Crippen molar-refractivity contribution in [3.8, 4) is 0 Å². The Bertz CT molecular complexity index is 230. The average molecular weight is 218 g/mol. The monoisotopic (exact) mass is 218 g/mol. The number of hydrogen-bond donors (Lipinski definition) is 3. The Labute approximate surface area is 88.6 Å². The summed E-state index contributed by atoms with van der Waals surface area (Å²) in [7, 11) is 0. The maximum Gasteiger partial charge on any atom is 0.324 e. The van der Waals surface area contributed by atoms with Gasteiger partial charge in [0.05, 0.1) is 0 Å². The third-order valence-electron chi connectivity index (χ3n) is 1.75. The minimum atomic E-state index is -1.21. The van der Waals surface area contributed by atoms with Gasteiger partial charge in [-0.1, -0.05) is 13.8 Å². The number of rotatable bonds is 6. The van der Waals surface area contributed by atoms with Crippen LogP contribution in [0.3, 0.4) is 0 Å². The van der Waals surface area contributed by atoms with Crippen molar-refractivity contribution in [3.63, 3.8) is 0 Å². The summed E-state index contributed by atoms with van der Waals surface area (Å²) in [5.74, 6) is -1.54. The highest BCUT2D eigenvalue weighted by molar-refractivity contribution is 5.77. The van der Waals surface area contributed by atoms with Gasteiger partial charge in [0.25, 0.3) is 0 Å². The van der Waals surface area contributed by atoms with E-state index in [0.29, 0.717) is 6.42 Å². The maximum atomic E-state index is 11.2. The highest BCUT2D eigenvalue weighted by Gasteiger charge is 2.19. The van der Waals surface area contributed by atoms with Crippen LogP contribution in [0.5, 0.6) is 0 Å². The van der Waals surface area contributed by atoms with E-state index in [1.165, 1.54) is 0 Å². The van der Waals surface area contributed by atoms with Gasteiger partial charge in [-0.25, -0.2) is 0 Å². The second-order valence-electron chi connectivity index (χ2n) is 3.81. The van der Waals surface area contributed by atoms with Crippen LogP contribution in [0.2, 0.25) is 0 Å². The molecular formula is C9H18N2O4. The molecule has 0 amide bonds. The van der Waals surface area contributed by atoms with Gasteiger partial charge >= 0.3 is 11.9 Å². The molecule has 0 heterocycles. The summed E-state index contributed by atoms with van der Waals surface area (Å²) in [5, 5.41) is 8.43. The molecule has 0 rings (SSSR count). The molecule has 0 aliphatic rings. The second-order valence-corrected chi connectivity index (χ2v) is 3.81. The molecule has 0 spiro atoms. The Balaban J connectivity index is 3.88. The lowest BCUT2D eigenvalue weighted by molar-refractivity contribution is -0.149. The summed E-state index contributed by atoms with van der Waals surface area (Å²) >= 11 is 0. The van der Waals surface area contributed by atoms with Crippen molar-refractivity contribution in [1.29, 1.82) is 0 Å². The molecule has 6 heteroatoms. The number of hydrogen-bond acceptors (Lipinski definition) is 5. The van der Waals surface area contributed by atoms with Crippen molar-refractivity contribution in [1.82, 2.24) is 0 Å². The lowest BCUT2D eigenvalue weighted by atomic mass is 10.1. The summed E-state index contributed by atoms with van der Waals surface area (Å²) in [4.78, 5) is 21.5. The fourth-order valence-corrected chi connectivity index (χ4v) is 0.954. The summed E-state index contributed by atoms with van der Waals surface area (Å²) < 4.78 is 4.66. The number of carboxylic acids is 1. The average Bonchev–Trinajstić information content (AvgIpc) is 2.12. The Kier molecular flexibility index (Phi) is 5.88. The highest BCUT2D eigenvalue weighted by atomic mass is 16.5. The third-order valence-corrected chi connectivity index (χ3v) is 1.75. The van der Waals surface area contributed by atoms with Gasteiger partial charge in [-0.3, -0.25) is 9.59 Å². The van der Waals surface area contributed by atoms with Crippen LogP contribution in [0.4, 0.5) is 0 Å². The molecule has 0 aromatic rings. The van der Waals surface area contributed by atoms with Crippen LogP contribution >= 0.6 is 0 Å². The normalized spacial score (nSPS) is 14.7. The van der Waals surface area contributed by atoms with E-state index in [9.17, 15) is 9.59 Å². The molecule has 0 aromatic heterocycles. The molecular weight excluding hydrogens is 200 g/mol. The number of aliphatic carboxylic acids is 1. The molecule has 88 valence electrons. The SMILES string of the molecule is CC(C)C[C@H](N)C(=O)OC[C@H](N)C(=O)O. The Morgan fingerprint density at radius 3 is 2.20 bits per heavy atom. The zero-order valence-corrected chi connectivity index (χ0v) is 8.97. The number of ether oxygens (including phenoxy) is 1. The summed E-state index contributed by atoms with van der Waals surface area (Å²) in [5.41, 5.74) is 10.7. The molecule has 0 unspecified atom stereocenters. The number of nitrogens with two attached hydrogens (primary N) is 2. The lowest BCUT2D eigenvalue weighted by Gasteiger charge is -2.14. The van der Waals surface area contributed by atoms with E-state index in [1.54, 1.807) is 0 Å². The van der Waals surface area contributed by atoms with E-state index in [0.717, 1.165) is 0 Å². The molecule has 6 nitrogen and oxygen atoms in total. The van der Waals surface area contributed by atoms with Crippen LogP contribution in [-0.2, 0) is 14.3 Å². The van der Waals surface area contributed by atoms with Gasteiger partial charge < -0.3 is 21.3 Å². The molecule has 5 N–H and O–H groups in total. The van der Waals surface area contributed by atoms with E-state index >= 15 is 0 Å². The molecule has 0 radical (unpaired) electrons. The van der Waals surface area contributed by atoms with Crippen LogP contribution in [0, 0.1) is 5.92 Å². The van der Waals surface area contributed by atoms with Crippen LogP contribution in [0.1, 0.15) is 20.3 Å². The first-order chi connectivity index (χ1) is 6.84. The van der Waals surface area contributed by atoms with Crippen molar-refractivity contribution in [2.45, 2.75) is 32.4 Å². The van der Waals surface area contributed by atoms with Crippen molar-refractivity contribution in [3.05, 3.63) is 0 Å². The fourth-order valence-electron chi connectivity index (χ4n) is 0.954. The van der Waals surface area contributed by atoms with Crippen molar-refractivity contribution >= 4 is 11.9 Å². The van der Waals surface area contributed by atoms with Gasteiger partial charge in [-0.15, -0.1) is 0 Å². The molecule has 0 aliphatic heterocycles. The molecule has 15 heavy (non-hydrogen) atoms. The molecule has 0 fully saturated rings. The first kappa shape index (κ1) is 13.9.